The zero-order valence-corrected chi connectivity index (χ0v) is 13.4. The number of aromatic nitrogens is 1. The van der Waals surface area contributed by atoms with Crippen molar-refractivity contribution in [2.45, 2.75) is 33.0 Å². The van der Waals surface area contributed by atoms with E-state index in [4.69, 9.17) is 4.74 Å². The molecule has 1 unspecified atom stereocenters. The van der Waals surface area contributed by atoms with Gasteiger partial charge in [0, 0.05) is 18.5 Å². The first-order valence-corrected chi connectivity index (χ1v) is 7.74. The van der Waals surface area contributed by atoms with Gasteiger partial charge in [0.1, 0.15) is 6.10 Å². The summed E-state index contributed by atoms with van der Waals surface area (Å²) in [7, 11) is 1.56. The Morgan fingerprint density at radius 2 is 2.05 bits per heavy atom. The van der Waals surface area contributed by atoms with Crippen LogP contribution < -0.4 is 0 Å². The van der Waals surface area contributed by atoms with Gasteiger partial charge in [0.2, 0.25) is 0 Å². The molecular weight excluding hydrogens is 284 g/mol. The van der Waals surface area contributed by atoms with Crippen LogP contribution in [0.15, 0.2) is 35.8 Å². The lowest BCUT2D eigenvalue weighted by Gasteiger charge is -2.25. The monoisotopic (exact) mass is 304 g/mol. The molecule has 0 N–H and O–H groups in total. The van der Waals surface area contributed by atoms with Gasteiger partial charge in [-0.3, -0.25) is 4.79 Å². The fourth-order valence-corrected chi connectivity index (χ4v) is 2.82. The van der Waals surface area contributed by atoms with Crippen LogP contribution in [0.5, 0.6) is 0 Å². The predicted molar refractivity (Wildman–Crippen MR) is 84.0 cm³/mol. The minimum Gasteiger partial charge on any atom is -0.372 e. The SMILES string of the molecule is COC(C)C(=O)N(Cc1ccccc1)Cc1scnc1C. The normalized spacial score (nSPS) is 12.1. The van der Waals surface area contributed by atoms with Crippen molar-refractivity contribution in [3.8, 4) is 0 Å². The van der Waals surface area contributed by atoms with Crippen molar-refractivity contribution in [3.05, 3.63) is 52.0 Å². The second-order valence-electron chi connectivity index (χ2n) is 4.92. The fourth-order valence-electron chi connectivity index (χ4n) is 2.02. The van der Waals surface area contributed by atoms with E-state index in [2.05, 4.69) is 4.98 Å². The largest absolute Gasteiger partial charge is 0.372 e. The minimum absolute atomic E-state index is 0.00541. The van der Waals surface area contributed by atoms with E-state index >= 15 is 0 Å². The molecule has 0 spiro atoms. The Kier molecular flexibility index (Phi) is 5.47. The van der Waals surface area contributed by atoms with Gasteiger partial charge in [-0.15, -0.1) is 11.3 Å². The summed E-state index contributed by atoms with van der Waals surface area (Å²) in [5.41, 5.74) is 3.91. The highest BCUT2D eigenvalue weighted by atomic mass is 32.1. The van der Waals surface area contributed by atoms with Crippen molar-refractivity contribution in [3.63, 3.8) is 0 Å². The van der Waals surface area contributed by atoms with Gasteiger partial charge in [-0.05, 0) is 19.4 Å². The van der Waals surface area contributed by atoms with E-state index in [1.54, 1.807) is 25.4 Å². The zero-order valence-electron chi connectivity index (χ0n) is 12.6. The van der Waals surface area contributed by atoms with Crippen LogP contribution in [0.25, 0.3) is 0 Å². The Morgan fingerprint density at radius 1 is 1.33 bits per heavy atom. The average Bonchev–Trinajstić information content (AvgIpc) is 2.91. The molecule has 0 aliphatic rings. The Hall–Kier alpha value is -1.72. The number of benzene rings is 1. The van der Waals surface area contributed by atoms with Gasteiger partial charge in [0.15, 0.2) is 0 Å². The first kappa shape index (κ1) is 15.7. The smallest absolute Gasteiger partial charge is 0.252 e. The van der Waals surface area contributed by atoms with E-state index in [9.17, 15) is 4.79 Å². The van der Waals surface area contributed by atoms with Gasteiger partial charge in [0.25, 0.3) is 5.91 Å². The molecule has 21 heavy (non-hydrogen) atoms. The van der Waals surface area contributed by atoms with Crippen molar-refractivity contribution in [2.75, 3.05) is 7.11 Å². The molecule has 0 radical (unpaired) electrons. The molecule has 1 aromatic heterocycles. The van der Waals surface area contributed by atoms with Gasteiger partial charge in [-0.25, -0.2) is 4.98 Å². The number of thiazole rings is 1. The van der Waals surface area contributed by atoms with Crippen LogP contribution >= 0.6 is 11.3 Å². The van der Waals surface area contributed by atoms with Gasteiger partial charge >= 0.3 is 0 Å². The number of hydrogen-bond acceptors (Lipinski definition) is 4. The first-order valence-electron chi connectivity index (χ1n) is 6.86. The third kappa shape index (κ3) is 4.12. The maximum atomic E-state index is 12.5. The summed E-state index contributed by atoms with van der Waals surface area (Å²) in [6.45, 7) is 4.89. The molecule has 1 atom stereocenters. The molecule has 4 nitrogen and oxygen atoms in total. The van der Waals surface area contributed by atoms with Crippen molar-refractivity contribution >= 4 is 17.2 Å². The van der Waals surface area contributed by atoms with Crippen LogP contribution in [0.1, 0.15) is 23.1 Å². The lowest BCUT2D eigenvalue weighted by molar-refractivity contribution is -0.142. The molecule has 2 aromatic rings. The molecule has 0 saturated carbocycles. The van der Waals surface area contributed by atoms with Crippen LogP contribution in [0.2, 0.25) is 0 Å². The molecule has 1 amide bonds. The van der Waals surface area contributed by atoms with Gasteiger partial charge in [0.05, 0.1) is 17.7 Å². The van der Waals surface area contributed by atoms with Gasteiger partial charge in [-0.1, -0.05) is 30.3 Å². The Bertz CT molecular complexity index is 583. The molecular formula is C16H20N2O2S. The Balaban J connectivity index is 2.18. The number of carbonyl (C=O) groups is 1. The fraction of sp³-hybridized carbons (Fsp3) is 0.375. The maximum Gasteiger partial charge on any atom is 0.252 e. The van der Waals surface area contributed by atoms with E-state index in [0.29, 0.717) is 13.1 Å². The molecule has 0 fully saturated rings. The van der Waals surface area contributed by atoms with Crippen LogP contribution in [-0.2, 0) is 22.6 Å². The minimum atomic E-state index is -0.443. The summed E-state index contributed by atoms with van der Waals surface area (Å²) in [6, 6.07) is 9.99. The molecule has 0 bridgehead atoms. The molecule has 1 aromatic carbocycles. The molecule has 2 rings (SSSR count). The van der Waals surface area contributed by atoms with Crippen molar-refractivity contribution in [1.29, 1.82) is 0 Å². The second kappa shape index (κ2) is 7.33. The molecule has 0 aliphatic carbocycles. The third-order valence-electron chi connectivity index (χ3n) is 3.41. The van der Waals surface area contributed by atoms with E-state index in [0.717, 1.165) is 16.1 Å². The third-order valence-corrected chi connectivity index (χ3v) is 4.33. The molecule has 5 heteroatoms. The number of hydrogen-bond donors (Lipinski definition) is 0. The zero-order chi connectivity index (χ0) is 15.2. The number of rotatable bonds is 6. The Labute approximate surface area is 129 Å². The summed E-state index contributed by atoms with van der Waals surface area (Å²) in [6.07, 6.45) is -0.443. The molecule has 0 aliphatic heterocycles. The highest BCUT2D eigenvalue weighted by Crippen LogP contribution is 2.18. The topological polar surface area (TPSA) is 42.4 Å². The van der Waals surface area contributed by atoms with E-state index in [-0.39, 0.29) is 5.91 Å². The summed E-state index contributed by atoms with van der Waals surface area (Å²) in [4.78, 5) is 19.7. The number of ether oxygens (including phenoxy) is 1. The molecule has 1 heterocycles. The van der Waals surface area contributed by atoms with E-state index in [1.165, 1.54) is 0 Å². The number of carbonyl (C=O) groups excluding carboxylic acids is 1. The van der Waals surface area contributed by atoms with Crippen molar-refractivity contribution < 1.29 is 9.53 Å². The average molecular weight is 304 g/mol. The maximum absolute atomic E-state index is 12.5. The number of amides is 1. The van der Waals surface area contributed by atoms with E-state index in [1.807, 2.05) is 47.7 Å². The summed E-state index contributed by atoms with van der Waals surface area (Å²) < 4.78 is 5.18. The quantitative estimate of drug-likeness (QED) is 0.824. The number of aryl methyl sites for hydroxylation is 1. The van der Waals surface area contributed by atoms with Crippen LogP contribution in [0.4, 0.5) is 0 Å². The van der Waals surface area contributed by atoms with Crippen molar-refractivity contribution in [1.82, 2.24) is 9.88 Å². The summed E-state index contributed by atoms with van der Waals surface area (Å²) >= 11 is 1.58. The summed E-state index contributed by atoms with van der Waals surface area (Å²) in [5, 5.41) is 0. The van der Waals surface area contributed by atoms with Crippen LogP contribution in [-0.4, -0.2) is 29.0 Å². The van der Waals surface area contributed by atoms with Crippen LogP contribution in [0.3, 0.4) is 0 Å². The second-order valence-corrected chi connectivity index (χ2v) is 5.86. The molecule has 0 saturated heterocycles. The Morgan fingerprint density at radius 3 is 2.62 bits per heavy atom. The number of nitrogens with zero attached hydrogens (tertiary/aromatic N) is 2. The lowest BCUT2D eigenvalue weighted by Crippen LogP contribution is -2.37. The van der Waals surface area contributed by atoms with Gasteiger partial charge in [-0.2, -0.15) is 0 Å². The summed E-state index contributed by atoms with van der Waals surface area (Å²) in [5.74, 6) is -0.00541. The van der Waals surface area contributed by atoms with Crippen LogP contribution in [0, 0.1) is 6.92 Å². The standard InChI is InChI=1S/C16H20N2O2S/c1-12-15(21-11-17-12)10-18(16(19)13(2)20-3)9-14-7-5-4-6-8-14/h4-8,11,13H,9-10H2,1-3H3. The first-order chi connectivity index (χ1) is 10.1. The van der Waals surface area contributed by atoms with Gasteiger partial charge < -0.3 is 9.64 Å². The lowest BCUT2D eigenvalue weighted by atomic mass is 10.2. The molecule has 112 valence electrons. The highest BCUT2D eigenvalue weighted by molar-refractivity contribution is 7.09. The predicted octanol–water partition coefficient (Wildman–Crippen LogP) is 3.02. The highest BCUT2D eigenvalue weighted by Gasteiger charge is 2.21. The number of methoxy groups -OCH3 is 1. The van der Waals surface area contributed by atoms with E-state index < -0.39 is 6.10 Å². The van der Waals surface area contributed by atoms with Crippen molar-refractivity contribution in [2.24, 2.45) is 0 Å².